The van der Waals surface area contributed by atoms with Gasteiger partial charge in [0.1, 0.15) is 0 Å². The lowest BCUT2D eigenvalue weighted by molar-refractivity contribution is -0.113. The van der Waals surface area contributed by atoms with Crippen LogP contribution in [0.3, 0.4) is 0 Å². The Balaban J connectivity index is 2.34. The first-order chi connectivity index (χ1) is 9.70. The van der Waals surface area contributed by atoms with E-state index in [1.54, 1.807) is 0 Å². The van der Waals surface area contributed by atoms with E-state index in [4.69, 9.17) is 0 Å². The number of hydrogen-bond acceptors (Lipinski definition) is 2. The van der Waals surface area contributed by atoms with Gasteiger partial charge in [0.05, 0.1) is 0 Å². The third kappa shape index (κ3) is 1.99. The lowest BCUT2D eigenvalue weighted by atomic mass is 9.88. The van der Waals surface area contributed by atoms with Crippen LogP contribution in [0.25, 0.3) is 16.3 Å². The topological polar surface area (TPSA) is 34.1 Å². The fraction of sp³-hybridized carbons (Fsp3) is 0.111. The van der Waals surface area contributed by atoms with Gasteiger partial charge in [-0.2, -0.15) is 0 Å². The van der Waals surface area contributed by atoms with Crippen LogP contribution in [0, 0.1) is 0 Å². The average molecular weight is 262 g/mol. The molecule has 0 amide bonds. The van der Waals surface area contributed by atoms with Gasteiger partial charge in [-0.15, -0.1) is 0 Å². The molecule has 0 unspecified atom stereocenters. The van der Waals surface area contributed by atoms with Crippen LogP contribution in [0.2, 0.25) is 0 Å². The molecular weight excluding hydrogens is 248 g/mol. The van der Waals surface area contributed by atoms with Gasteiger partial charge in [-0.05, 0) is 46.5 Å². The number of aryl methyl sites for hydroxylation is 1. The summed E-state index contributed by atoms with van der Waals surface area (Å²) in [5.74, 6) is -0.231. The van der Waals surface area contributed by atoms with Crippen molar-refractivity contribution in [2.24, 2.45) is 0 Å². The molecule has 2 nitrogen and oxygen atoms in total. The SMILES string of the molecule is CCc1ccc2ccccc2c1C1=CC(=O)C=CC1=O. The van der Waals surface area contributed by atoms with Gasteiger partial charge in [0.25, 0.3) is 0 Å². The van der Waals surface area contributed by atoms with Gasteiger partial charge >= 0.3 is 0 Å². The predicted molar refractivity (Wildman–Crippen MR) is 80.5 cm³/mol. The molecule has 0 N–H and O–H groups in total. The third-order valence-electron chi connectivity index (χ3n) is 3.62. The number of rotatable bonds is 2. The molecule has 20 heavy (non-hydrogen) atoms. The van der Waals surface area contributed by atoms with Gasteiger partial charge < -0.3 is 0 Å². The number of hydrogen-bond donors (Lipinski definition) is 0. The highest BCUT2D eigenvalue weighted by atomic mass is 16.1. The van der Waals surface area contributed by atoms with E-state index in [9.17, 15) is 9.59 Å². The smallest absolute Gasteiger partial charge is 0.186 e. The van der Waals surface area contributed by atoms with Crippen LogP contribution in [0.1, 0.15) is 18.1 Å². The van der Waals surface area contributed by atoms with Crippen LogP contribution >= 0.6 is 0 Å². The fourth-order valence-corrected chi connectivity index (χ4v) is 2.63. The molecule has 0 bridgehead atoms. The van der Waals surface area contributed by atoms with Crippen molar-refractivity contribution >= 4 is 27.9 Å². The van der Waals surface area contributed by atoms with Crippen LogP contribution in [0.4, 0.5) is 0 Å². The van der Waals surface area contributed by atoms with E-state index in [2.05, 4.69) is 13.0 Å². The molecule has 0 aliphatic heterocycles. The van der Waals surface area contributed by atoms with Crippen molar-refractivity contribution in [3.63, 3.8) is 0 Å². The number of benzene rings is 2. The van der Waals surface area contributed by atoms with E-state index in [-0.39, 0.29) is 11.6 Å². The molecule has 0 spiro atoms. The lowest BCUT2D eigenvalue weighted by Crippen LogP contribution is -2.09. The molecule has 2 heteroatoms. The van der Waals surface area contributed by atoms with Crippen molar-refractivity contribution in [3.05, 3.63) is 65.8 Å². The summed E-state index contributed by atoms with van der Waals surface area (Å²) in [5.41, 5.74) is 2.49. The largest absolute Gasteiger partial charge is 0.290 e. The first-order valence-corrected chi connectivity index (χ1v) is 6.69. The maximum atomic E-state index is 12.1. The Kier molecular flexibility index (Phi) is 3.07. The molecule has 2 aromatic carbocycles. The summed E-state index contributed by atoms with van der Waals surface area (Å²) in [7, 11) is 0. The van der Waals surface area contributed by atoms with Crippen LogP contribution in [-0.2, 0) is 16.0 Å². The maximum Gasteiger partial charge on any atom is 0.186 e. The van der Waals surface area contributed by atoms with Gasteiger partial charge in [0.2, 0.25) is 0 Å². The average Bonchev–Trinajstić information content (AvgIpc) is 2.48. The molecule has 0 saturated carbocycles. The summed E-state index contributed by atoms with van der Waals surface area (Å²) in [6.45, 7) is 2.05. The zero-order valence-electron chi connectivity index (χ0n) is 11.2. The zero-order valence-corrected chi connectivity index (χ0v) is 11.2. The Morgan fingerprint density at radius 3 is 2.55 bits per heavy atom. The van der Waals surface area contributed by atoms with Gasteiger partial charge in [0, 0.05) is 5.57 Å². The number of fused-ring (bicyclic) bond motifs is 1. The Morgan fingerprint density at radius 1 is 0.950 bits per heavy atom. The Morgan fingerprint density at radius 2 is 1.75 bits per heavy atom. The van der Waals surface area contributed by atoms with Crippen molar-refractivity contribution in [3.8, 4) is 0 Å². The second-order valence-electron chi connectivity index (χ2n) is 4.83. The molecule has 0 heterocycles. The summed E-state index contributed by atoms with van der Waals surface area (Å²) in [6, 6.07) is 12.0. The van der Waals surface area contributed by atoms with Crippen LogP contribution in [0.15, 0.2) is 54.6 Å². The summed E-state index contributed by atoms with van der Waals surface area (Å²) in [6.07, 6.45) is 4.95. The second-order valence-corrected chi connectivity index (χ2v) is 4.83. The lowest BCUT2D eigenvalue weighted by Gasteiger charge is -2.15. The molecular formula is C18H14O2. The Labute approximate surface area is 117 Å². The molecule has 0 aromatic heterocycles. The highest BCUT2D eigenvalue weighted by Crippen LogP contribution is 2.31. The third-order valence-corrected chi connectivity index (χ3v) is 3.62. The number of carbonyl (C=O) groups excluding carboxylic acids is 2. The van der Waals surface area contributed by atoms with Gasteiger partial charge in [-0.3, -0.25) is 9.59 Å². The van der Waals surface area contributed by atoms with Crippen LogP contribution in [-0.4, -0.2) is 11.6 Å². The molecule has 98 valence electrons. The molecule has 1 aliphatic rings. The minimum atomic E-state index is -0.130. The van der Waals surface area contributed by atoms with Crippen LogP contribution < -0.4 is 0 Å². The van der Waals surface area contributed by atoms with Gasteiger partial charge in [0.15, 0.2) is 11.6 Å². The van der Waals surface area contributed by atoms with Crippen molar-refractivity contribution in [1.29, 1.82) is 0 Å². The Hall–Kier alpha value is -2.48. The number of carbonyl (C=O) groups is 2. The van der Waals surface area contributed by atoms with Crippen molar-refractivity contribution in [2.75, 3.05) is 0 Å². The molecule has 3 rings (SSSR count). The summed E-state index contributed by atoms with van der Waals surface area (Å²) in [5, 5.41) is 2.10. The molecule has 0 fully saturated rings. The Bertz CT molecular complexity index is 779. The molecule has 0 atom stereocenters. The maximum absolute atomic E-state index is 12.1. The van der Waals surface area contributed by atoms with Gasteiger partial charge in [-0.25, -0.2) is 0 Å². The quantitative estimate of drug-likeness (QED) is 0.776. The second kappa shape index (κ2) is 4.89. The molecule has 1 aliphatic carbocycles. The number of ketones is 2. The summed E-state index contributed by atoms with van der Waals surface area (Å²) >= 11 is 0. The van der Waals surface area contributed by atoms with E-state index in [1.807, 2.05) is 30.3 Å². The van der Waals surface area contributed by atoms with E-state index in [0.29, 0.717) is 5.57 Å². The minimum Gasteiger partial charge on any atom is -0.290 e. The summed E-state index contributed by atoms with van der Waals surface area (Å²) < 4.78 is 0. The monoisotopic (exact) mass is 262 g/mol. The first-order valence-electron chi connectivity index (χ1n) is 6.69. The molecule has 2 aromatic rings. The predicted octanol–water partition coefficient (Wildman–Crippen LogP) is 3.49. The normalized spacial score (nSPS) is 14.8. The van der Waals surface area contributed by atoms with Crippen LogP contribution in [0.5, 0.6) is 0 Å². The van der Waals surface area contributed by atoms with E-state index >= 15 is 0 Å². The molecule has 0 saturated heterocycles. The van der Waals surface area contributed by atoms with Crippen molar-refractivity contribution in [2.45, 2.75) is 13.3 Å². The van der Waals surface area contributed by atoms with Crippen molar-refractivity contribution < 1.29 is 9.59 Å². The highest BCUT2D eigenvalue weighted by molar-refractivity contribution is 6.35. The van der Waals surface area contributed by atoms with E-state index in [1.165, 1.54) is 18.2 Å². The van der Waals surface area contributed by atoms with E-state index < -0.39 is 0 Å². The first kappa shape index (κ1) is 12.5. The minimum absolute atomic E-state index is 0.101. The standard InChI is InChI=1S/C18H14O2/c1-2-12-7-8-13-5-3-4-6-15(13)18(12)16-11-14(19)9-10-17(16)20/h3-11H,2H2,1H3. The van der Waals surface area contributed by atoms with Gasteiger partial charge in [-0.1, -0.05) is 43.3 Å². The number of allylic oxidation sites excluding steroid dienone is 4. The highest BCUT2D eigenvalue weighted by Gasteiger charge is 2.19. The molecule has 0 radical (unpaired) electrons. The van der Waals surface area contributed by atoms with Crippen molar-refractivity contribution in [1.82, 2.24) is 0 Å². The summed E-state index contributed by atoms with van der Waals surface area (Å²) in [4.78, 5) is 23.8. The fourth-order valence-electron chi connectivity index (χ4n) is 2.63. The zero-order chi connectivity index (χ0) is 14.1. The van der Waals surface area contributed by atoms with E-state index in [0.717, 1.165) is 28.3 Å².